The number of hydrogen-bond acceptors (Lipinski definition) is 0. The number of para-hydroxylation sites is 3. The van der Waals surface area contributed by atoms with Crippen LogP contribution < -0.4 is 0 Å². The van der Waals surface area contributed by atoms with Crippen LogP contribution in [0.5, 0.6) is 0 Å². The van der Waals surface area contributed by atoms with E-state index in [1.165, 1.54) is 322 Å². The average molecular weight is 1860 g/mol. The first-order valence-corrected chi connectivity index (χ1v) is 51.3. The molecule has 0 aliphatic heterocycles. The second kappa shape index (κ2) is 30.6. The van der Waals surface area contributed by atoms with Crippen molar-refractivity contribution in [1.82, 2.24) is 13.7 Å². The molecule has 0 saturated carbocycles. The van der Waals surface area contributed by atoms with Crippen molar-refractivity contribution in [3.8, 4) is 106 Å². The van der Waals surface area contributed by atoms with Crippen LogP contribution in [0, 0.1) is 0 Å². The molecule has 0 bridgehead atoms. The van der Waals surface area contributed by atoms with Crippen molar-refractivity contribution in [2.24, 2.45) is 0 Å². The van der Waals surface area contributed by atoms with Crippen LogP contribution in [-0.4, -0.2) is 13.7 Å². The molecule has 0 atom stereocenters. The zero-order valence-electron chi connectivity index (χ0n) is 79.8. The van der Waals surface area contributed by atoms with E-state index in [1.807, 2.05) is 0 Å². The molecule has 3 heterocycles. The fraction of sp³-hybridized carbons (Fsp3) is 0. The Hall–Kier alpha value is -19.3. The third-order valence-electron chi connectivity index (χ3n) is 33.2. The topological polar surface area (TPSA) is 14.8 Å². The van der Waals surface area contributed by atoms with E-state index in [0.717, 1.165) is 11.4 Å². The summed E-state index contributed by atoms with van der Waals surface area (Å²) in [4.78, 5) is 0. The summed E-state index contributed by atoms with van der Waals surface area (Å²) in [5.41, 5.74) is 31.9. The summed E-state index contributed by atoms with van der Waals surface area (Å²) in [6.45, 7) is 0. The highest BCUT2D eigenvalue weighted by atomic mass is 15.0. The van der Waals surface area contributed by atoms with Gasteiger partial charge in [-0.3, -0.25) is 0 Å². The Morgan fingerprint density at radius 2 is 0.347 bits per heavy atom. The maximum Gasteiger partial charge on any atom is 0.0626 e. The zero-order chi connectivity index (χ0) is 95.6. The van der Waals surface area contributed by atoms with Crippen molar-refractivity contribution in [2.75, 3.05) is 0 Å². The standard InChI is InChI=1S/2C50H29N.C44H25N/c1-2-16-37-36(15-1)38-22-11-12-31-28-32(29-44(37)46(31)38)30-24-26-33(27-25-30)51-45-23-10-9-21-43(45)49-48-40-18-6-4-14-35(40)34-13-3-5-17-39(34)47(48)41-19-7-8-20-42(41)50(49)51;1-2-15-36-33(12-1)38-22-11-21-37-32(28-29-42(36)46(37)38)30-24-26-31(27-25-30)51-45-23-10-9-20-44(45)49-48-40-17-6-4-14-35(40)34-13-3-5-16-39(34)47(48)41-18-7-8-19-43(41)50(49)51;1-2-16-31-30(15-1)32-22-11-12-26-24-27(25-38(31)40(26)32)45-39-23-10-9-21-37(39)43-42-34-18-6-4-14-29(34)28-13-3-5-17-33(28)41(42)35-19-7-8-20-36(35)44(43)45/h2*1-29H;1-25H. The first-order chi connectivity index (χ1) is 73.0. The molecule has 35 rings (SSSR count). The lowest BCUT2D eigenvalue weighted by molar-refractivity contribution is 1.19. The van der Waals surface area contributed by atoms with Gasteiger partial charge < -0.3 is 13.7 Å². The monoisotopic (exact) mass is 1850 g/mol. The molecule has 3 aromatic heterocycles. The number of benzene rings is 29. The Morgan fingerprint density at radius 3 is 0.714 bits per heavy atom. The summed E-state index contributed by atoms with van der Waals surface area (Å²) in [5.74, 6) is 0. The van der Waals surface area contributed by atoms with Gasteiger partial charge in [-0.2, -0.15) is 0 Å². The van der Waals surface area contributed by atoms with E-state index in [1.54, 1.807) is 0 Å². The third-order valence-corrected chi connectivity index (χ3v) is 33.2. The van der Waals surface area contributed by atoms with Crippen LogP contribution in [0.1, 0.15) is 0 Å². The fourth-order valence-electron chi connectivity index (χ4n) is 27.4. The lowest BCUT2D eigenvalue weighted by Crippen LogP contribution is -1.96. The van der Waals surface area contributed by atoms with E-state index in [9.17, 15) is 0 Å². The normalized spacial score (nSPS) is 12.4. The van der Waals surface area contributed by atoms with E-state index in [2.05, 4.69) is 517 Å². The van der Waals surface area contributed by atoms with Crippen molar-refractivity contribution >= 4 is 227 Å². The summed E-state index contributed by atoms with van der Waals surface area (Å²) in [6.07, 6.45) is 0. The Bertz CT molecular complexity index is 11500. The van der Waals surface area contributed by atoms with Gasteiger partial charge in [0.25, 0.3) is 0 Å². The second-order valence-corrected chi connectivity index (χ2v) is 40.3. The van der Waals surface area contributed by atoms with Gasteiger partial charge in [-0.15, -0.1) is 0 Å². The summed E-state index contributed by atoms with van der Waals surface area (Å²) < 4.78 is 7.55. The minimum atomic E-state index is 1.16. The summed E-state index contributed by atoms with van der Waals surface area (Å²) >= 11 is 0. The van der Waals surface area contributed by atoms with Crippen LogP contribution in [0.3, 0.4) is 0 Å². The Morgan fingerprint density at radius 1 is 0.102 bits per heavy atom. The van der Waals surface area contributed by atoms with E-state index >= 15 is 0 Å². The Labute approximate surface area is 844 Å². The van der Waals surface area contributed by atoms with Crippen molar-refractivity contribution in [3.05, 3.63) is 504 Å². The van der Waals surface area contributed by atoms with E-state index < -0.39 is 0 Å². The molecule has 3 heteroatoms. The van der Waals surface area contributed by atoms with Gasteiger partial charge in [0.15, 0.2) is 0 Å². The maximum atomic E-state index is 2.54. The molecular formula is C144H83N3. The number of hydrogen-bond donors (Lipinski definition) is 0. The third kappa shape index (κ3) is 11.1. The van der Waals surface area contributed by atoms with Crippen LogP contribution in [-0.2, 0) is 0 Å². The lowest BCUT2D eigenvalue weighted by Gasteiger charge is -2.17. The van der Waals surface area contributed by atoms with Crippen molar-refractivity contribution in [1.29, 1.82) is 0 Å². The fourth-order valence-corrected chi connectivity index (χ4v) is 27.4. The van der Waals surface area contributed by atoms with Crippen LogP contribution in [0.15, 0.2) is 504 Å². The summed E-state index contributed by atoms with van der Waals surface area (Å²) in [6, 6.07) is 187. The molecule has 0 fully saturated rings. The quantitative estimate of drug-likeness (QED) is 0.153. The lowest BCUT2D eigenvalue weighted by atomic mass is 9.88. The zero-order valence-corrected chi connectivity index (χ0v) is 79.8. The molecule has 3 nitrogen and oxygen atoms in total. The van der Waals surface area contributed by atoms with Gasteiger partial charge in [0.2, 0.25) is 0 Å². The highest BCUT2D eigenvalue weighted by molar-refractivity contribution is 6.47. The van der Waals surface area contributed by atoms with Crippen LogP contribution >= 0.6 is 0 Å². The van der Waals surface area contributed by atoms with E-state index in [-0.39, 0.29) is 0 Å². The number of rotatable bonds is 5. The van der Waals surface area contributed by atoms with E-state index in [0.29, 0.717) is 0 Å². The first-order valence-electron chi connectivity index (χ1n) is 51.3. The molecule has 32 aromatic rings. The second-order valence-electron chi connectivity index (χ2n) is 40.3. The molecule has 0 N–H and O–H groups in total. The molecule has 3 aliphatic carbocycles. The molecule has 674 valence electrons. The summed E-state index contributed by atoms with van der Waals surface area (Å²) in [7, 11) is 0. The van der Waals surface area contributed by atoms with Gasteiger partial charge in [0, 0.05) is 81.7 Å². The number of fused-ring (bicyclic) bond motifs is 48. The molecule has 147 heavy (non-hydrogen) atoms. The molecule has 3 aliphatic rings. The smallest absolute Gasteiger partial charge is 0.0626 e. The van der Waals surface area contributed by atoms with Gasteiger partial charge in [-0.1, -0.05) is 437 Å². The van der Waals surface area contributed by atoms with E-state index in [4.69, 9.17) is 0 Å². The Kier molecular flexibility index (Phi) is 16.7. The SMILES string of the molecule is c1ccc2c(c1)-c1cccc3c(-c4ccc(-n5c6ccccc6c6c7c8ccccc8c8ccccc8c7c7ccccc7c65)cc4)ccc-2c13.c1ccc2c(c1)-c1cccc3cc(-c4ccc(-n5c6ccccc6c6c7c8ccccc8c8ccccc8c7c7ccccc7c65)cc4)cc-2c13.c1ccc2c(c1)-c1cccc3cc(-n4c5ccccc5c5c6c7ccccc7c7ccccc7c6c6ccccc6c54)cc-2c13. The first kappa shape index (κ1) is 80.4. The average Bonchev–Trinajstić information content (AvgIpc) is 1.53. The molecule has 0 saturated heterocycles. The highest BCUT2D eigenvalue weighted by Gasteiger charge is 2.32. The number of nitrogens with zero attached hydrogens (tertiary/aromatic N) is 3. The summed E-state index contributed by atoms with van der Waals surface area (Å²) in [5, 5.41) is 47.1. The number of aromatic nitrogens is 3. The molecule has 29 aromatic carbocycles. The van der Waals surface area contributed by atoms with Gasteiger partial charge in [-0.05, 0) is 285 Å². The predicted octanol–water partition coefficient (Wildman–Crippen LogP) is 39.9. The largest absolute Gasteiger partial charge is 0.309 e. The predicted molar refractivity (Wildman–Crippen MR) is 629 cm³/mol. The van der Waals surface area contributed by atoms with Crippen molar-refractivity contribution in [2.45, 2.75) is 0 Å². The molecular weight excluding hydrogens is 1770 g/mol. The minimum Gasteiger partial charge on any atom is -0.309 e. The molecule has 0 spiro atoms. The van der Waals surface area contributed by atoms with Gasteiger partial charge in [0.05, 0.1) is 33.1 Å². The highest BCUT2D eigenvalue weighted by Crippen LogP contribution is 2.58. The van der Waals surface area contributed by atoms with Crippen molar-refractivity contribution < 1.29 is 0 Å². The van der Waals surface area contributed by atoms with Crippen LogP contribution in [0.4, 0.5) is 0 Å². The van der Waals surface area contributed by atoms with Gasteiger partial charge in [0.1, 0.15) is 0 Å². The Balaban J connectivity index is 0.0000000964. The molecule has 0 amide bonds. The molecule has 0 unspecified atom stereocenters. The van der Waals surface area contributed by atoms with Crippen LogP contribution in [0.25, 0.3) is 333 Å². The van der Waals surface area contributed by atoms with Gasteiger partial charge in [-0.25, -0.2) is 0 Å². The maximum absolute atomic E-state index is 2.54. The van der Waals surface area contributed by atoms with Gasteiger partial charge >= 0.3 is 0 Å². The van der Waals surface area contributed by atoms with Crippen LogP contribution in [0.2, 0.25) is 0 Å². The molecule has 0 radical (unpaired) electrons. The van der Waals surface area contributed by atoms with Crippen molar-refractivity contribution in [3.63, 3.8) is 0 Å². The minimum absolute atomic E-state index is 1.16.